The summed E-state index contributed by atoms with van der Waals surface area (Å²) in [6.45, 7) is 1.97. The van der Waals surface area contributed by atoms with Gasteiger partial charge in [0.05, 0.1) is 5.69 Å². The molecule has 0 amide bonds. The summed E-state index contributed by atoms with van der Waals surface area (Å²) in [7, 11) is 0. The molecule has 5 nitrogen and oxygen atoms in total. The first-order chi connectivity index (χ1) is 7.70. The van der Waals surface area contributed by atoms with Crippen LogP contribution in [0, 0.1) is 6.92 Å². The average Bonchev–Trinajstić information content (AvgIpc) is 2.71. The highest BCUT2D eigenvalue weighted by Gasteiger charge is 2.06. The molecule has 0 saturated heterocycles. The second-order valence-corrected chi connectivity index (χ2v) is 3.72. The van der Waals surface area contributed by atoms with Gasteiger partial charge in [-0.25, -0.2) is 0 Å². The van der Waals surface area contributed by atoms with Gasteiger partial charge in [0, 0.05) is 15.5 Å². The Kier molecular flexibility index (Phi) is 2.81. The number of nitrogens with one attached hydrogen (secondary N) is 1. The van der Waals surface area contributed by atoms with Crippen LogP contribution < -0.4 is 0 Å². The van der Waals surface area contributed by atoms with E-state index >= 15 is 0 Å². The van der Waals surface area contributed by atoms with Gasteiger partial charge in [-0.2, -0.15) is 5.10 Å². The van der Waals surface area contributed by atoms with E-state index in [2.05, 4.69) is 20.2 Å². The van der Waals surface area contributed by atoms with Gasteiger partial charge in [-0.3, -0.25) is 5.10 Å². The zero-order chi connectivity index (χ0) is 11.5. The molecule has 1 aromatic carbocycles. The number of rotatable bonds is 2. The molecule has 0 spiro atoms. The van der Waals surface area contributed by atoms with Crippen LogP contribution >= 0.6 is 11.6 Å². The van der Waals surface area contributed by atoms with E-state index in [0.29, 0.717) is 16.5 Å². The van der Waals surface area contributed by atoms with Crippen LogP contribution in [-0.2, 0) is 0 Å². The van der Waals surface area contributed by atoms with E-state index in [1.54, 1.807) is 6.07 Å². The molecule has 1 N–H and O–H groups in total. The fourth-order valence-electron chi connectivity index (χ4n) is 1.42. The molecule has 0 atom stereocenters. The predicted molar refractivity (Wildman–Crippen MR) is 62.6 cm³/mol. The second kappa shape index (κ2) is 4.26. The number of aromatic nitrogens is 2. The normalized spacial score (nSPS) is 9.88. The van der Waals surface area contributed by atoms with Crippen LogP contribution in [0.2, 0.25) is 5.02 Å². The maximum absolute atomic E-state index is 8.29. The van der Waals surface area contributed by atoms with E-state index in [9.17, 15) is 0 Å². The first-order valence-electron chi connectivity index (χ1n) is 4.58. The molecule has 6 heteroatoms. The van der Waals surface area contributed by atoms with Gasteiger partial charge in [0.25, 0.3) is 0 Å². The van der Waals surface area contributed by atoms with E-state index in [1.165, 1.54) is 0 Å². The Morgan fingerprint density at radius 1 is 1.44 bits per heavy atom. The van der Waals surface area contributed by atoms with E-state index in [1.807, 2.05) is 25.1 Å². The van der Waals surface area contributed by atoms with Crippen molar-refractivity contribution in [1.29, 1.82) is 0 Å². The van der Waals surface area contributed by atoms with Crippen LogP contribution in [0.4, 0.5) is 5.82 Å². The lowest BCUT2D eigenvalue weighted by atomic mass is 10.1. The Morgan fingerprint density at radius 3 is 3.00 bits per heavy atom. The van der Waals surface area contributed by atoms with Gasteiger partial charge in [-0.15, -0.1) is 0 Å². The van der Waals surface area contributed by atoms with Crippen LogP contribution in [0.5, 0.6) is 0 Å². The summed E-state index contributed by atoms with van der Waals surface area (Å²) in [5.41, 5.74) is 11.0. The summed E-state index contributed by atoms with van der Waals surface area (Å²) in [6.07, 6.45) is 0. The van der Waals surface area contributed by atoms with Crippen molar-refractivity contribution >= 4 is 17.4 Å². The van der Waals surface area contributed by atoms with Gasteiger partial charge in [0.15, 0.2) is 0 Å². The van der Waals surface area contributed by atoms with Crippen molar-refractivity contribution in [3.8, 4) is 11.3 Å². The molecule has 0 bridgehead atoms. The third-order valence-corrected chi connectivity index (χ3v) is 2.43. The summed E-state index contributed by atoms with van der Waals surface area (Å²) in [4.78, 5) is 2.68. The van der Waals surface area contributed by atoms with Crippen LogP contribution in [0.15, 0.2) is 29.4 Å². The molecule has 0 fully saturated rings. The van der Waals surface area contributed by atoms with Gasteiger partial charge < -0.3 is 0 Å². The molecule has 80 valence electrons. The van der Waals surface area contributed by atoms with Gasteiger partial charge in [0.2, 0.25) is 0 Å². The SMILES string of the molecule is Cc1ccc(Cl)cc1-c1cc(N=[N+]=[N-])[nH]n1. The van der Waals surface area contributed by atoms with Crippen molar-refractivity contribution in [2.45, 2.75) is 6.92 Å². The summed E-state index contributed by atoms with van der Waals surface area (Å²) in [5.74, 6) is 0.386. The highest BCUT2D eigenvalue weighted by molar-refractivity contribution is 6.30. The highest BCUT2D eigenvalue weighted by atomic mass is 35.5. The maximum atomic E-state index is 8.29. The Balaban J connectivity index is 2.49. The molecular weight excluding hydrogens is 226 g/mol. The van der Waals surface area contributed by atoms with Crippen molar-refractivity contribution in [3.63, 3.8) is 0 Å². The molecule has 0 aliphatic heterocycles. The van der Waals surface area contributed by atoms with E-state index < -0.39 is 0 Å². The number of hydrogen-bond donors (Lipinski definition) is 1. The average molecular weight is 234 g/mol. The predicted octanol–water partition coefficient (Wildman–Crippen LogP) is 3.98. The Morgan fingerprint density at radius 2 is 2.25 bits per heavy atom. The maximum Gasteiger partial charge on any atom is 0.122 e. The van der Waals surface area contributed by atoms with Crippen molar-refractivity contribution in [2.24, 2.45) is 5.11 Å². The standard InChI is InChI=1S/C10H8ClN5/c1-6-2-3-7(11)4-8(6)9-5-10(14-13-9)15-16-12/h2-5H,1H3,(H,13,14). The smallest absolute Gasteiger partial charge is 0.122 e. The number of H-pyrrole nitrogens is 1. The number of hydrogen-bond acceptors (Lipinski definition) is 2. The first-order valence-corrected chi connectivity index (χ1v) is 4.95. The quantitative estimate of drug-likeness (QED) is 0.475. The summed E-state index contributed by atoms with van der Waals surface area (Å²) >= 11 is 5.91. The fourth-order valence-corrected chi connectivity index (χ4v) is 1.59. The summed E-state index contributed by atoms with van der Waals surface area (Å²) < 4.78 is 0. The minimum Gasteiger partial charge on any atom is -0.275 e. The lowest BCUT2D eigenvalue weighted by Gasteiger charge is -2.01. The molecule has 2 aromatic rings. The first kappa shape index (κ1) is 10.5. The fraction of sp³-hybridized carbons (Fsp3) is 0.100. The minimum atomic E-state index is 0.386. The van der Waals surface area contributed by atoms with Gasteiger partial charge in [0.1, 0.15) is 5.82 Å². The Hall–Kier alpha value is -1.97. The van der Waals surface area contributed by atoms with Crippen LogP contribution in [0.3, 0.4) is 0 Å². The van der Waals surface area contributed by atoms with Gasteiger partial charge in [-0.05, 0) is 41.3 Å². The van der Waals surface area contributed by atoms with Crippen molar-refractivity contribution in [3.05, 3.63) is 45.3 Å². The van der Waals surface area contributed by atoms with Crippen LogP contribution in [0.25, 0.3) is 21.7 Å². The van der Waals surface area contributed by atoms with Crippen molar-refractivity contribution in [1.82, 2.24) is 10.2 Å². The van der Waals surface area contributed by atoms with Crippen molar-refractivity contribution < 1.29 is 0 Å². The number of aryl methyl sites for hydroxylation is 1. The number of halogens is 1. The minimum absolute atomic E-state index is 0.386. The van der Waals surface area contributed by atoms with Crippen LogP contribution in [0.1, 0.15) is 5.56 Å². The number of aromatic amines is 1. The lowest BCUT2D eigenvalue weighted by molar-refractivity contribution is 1.08. The van der Waals surface area contributed by atoms with E-state index in [0.717, 1.165) is 11.1 Å². The highest BCUT2D eigenvalue weighted by Crippen LogP contribution is 2.27. The lowest BCUT2D eigenvalue weighted by Crippen LogP contribution is -1.83. The molecule has 16 heavy (non-hydrogen) atoms. The zero-order valence-corrected chi connectivity index (χ0v) is 9.23. The van der Waals surface area contributed by atoms with E-state index in [4.69, 9.17) is 17.1 Å². The third kappa shape index (κ3) is 2.00. The number of azide groups is 1. The molecule has 0 radical (unpaired) electrons. The largest absolute Gasteiger partial charge is 0.275 e. The third-order valence-electron chi connectivity index (χ3n) is 2.19. The summed E-state index contributed by atoms with van der Waals surface area (Å²) in [5, 5.41) is 10.8. The molecule has 0 aliphatic rings. The second-order valence-electron chi connectivity index (χ2n) is 3.29. The molecule has 0 saturated carbocycles. The van der Waals surface area contributed by atoms with Crippen molar-refractivity contribution in [2.75, 3.05) is 0 Å². The molecule has 0 aliphatic carbocycles. The monoisotopic (exact) mass is 233 g/mol. The Bertz CT molecular complexity index is 568. The molecule has 2 rings (SSSR count). The molecular formula is C10H8ClN5. The number of benzene rings is 1. The summed E-state index contributed by atoms with van der Waals surface area (Å²) in [6, 6.07) is 7.24. The zero-order valence-electron chi connectivity index (χ0n) is 8.48. The molecule has 0 unspecified atom stereocenters. The van der Waals surface area contributed by atoms with Gasteiger partial charge in [-0.1, -0.05) is 17.7 Å². The van der Waals surface area contributed by atoms with Crippen LogP contribution in [-0.4, -0.2) is 10.2 Å². The number of nitrogens with zero attached hydrogens (tertiary/aromatic N) is 4. The topological polar surface area (TPSA) is 77.4 Å². The molecule has 1 heterocycles. The van der Waals surface area contributed by atoms with E-state index in [-0.39, 0.29) is 0 Å². The van der Waals surface area contributed by atoms with Gasteiger partial charge >= 0.3 is 0 Å². The molecule has 1 aromatic heterocycles. The Labute approximate surface area is 96.7 Å².